The molecule has 4 rings (SSSR count). The molecule has 1 amide bonds. The zero-order valence-electron chi connectivity index (χ0n) is 17.1. The summed E-state index contributed by atoms with van der Waals surface area (Å²) in [6, 6.07) is 14.5. The number of piperazine rings is 1. The third kappa shape index (κ3) is 4.68. The van der Waals surface area contributed by atoms with E-state index in [1.165, 1.54) is 29.0 Å². The Bertz CT molecular complexity index is 995. The number of hydrogen-bond acceptors (Lipinski definition) is 5. The number of nitrogens with one attached hydrogen (secondary N) is 1. The Kier molecular flexibility index (Phi) is 6.11. The molecular weight excluding hydrogens is 399 g/mol. The van der Waals surface area contributed by atoms with Crippen LogP contribution in [-0.4, -0.2) is 48.0 Å². The summed E-state index contributed by atoms with van der Waals surface area (Å²) in [5.41, 5.74) is 4.13. The van der Waals surface area contributed by atoms with E-state index in [0.29, 0.717) is 5.13 Å². The van der Waals surface area contributed by atoms with E-state index >= 15 is 0 Å². The monoisotopic (exact) mass is 424 g/mol. The predicted octanol–water partition coefficient (Wildman–Crippen LogP) is 4.41. The Morgan fingerprint density at radius 3 is 2.40 bits per heavy atom. The number of carbonyl (C=O) groups is 1. The first kappa shape index (κ1) is 20.5. The third-order valence-corrected chi connectivity index (χ3v) is 6.27. The number of thiazole rings is 1. The Labute approximate surface area is 180 Å². The third-order valence-electron chi connectivity index (χ3n) is 5.51. The number of anilines is 2. The van der Waals surface area contributed by atoms with Crippen LogP contribution in [0.15, 0.2) is 53.9 Å². The summed E-state index contributed by atoms with van der Waals surface area (Å²) in [4.78, 5) is 21.7. The van der Waals surface area contributed by atoms with Gasteiger partial charge >= 0.3 is 0 Å². The molecule has 156 valence electrons. The lowest BCUT2D eigenvalue weighted by Crippen LogP contribution is -2.52. The molecule has 0 bridgehead atoms. The van der Waals surface area contributed by atoms with Crippen LogP contribution in [0.1, 0.15) is 12.5 Å². The number of amides is 1. The molecule has 0 spiro atoms. The second-order valence-electron chi connectivity index (χ2n) is 7.57. The van der Waals surface area contributed by atoms with Gasteiger partial charge in [-0.05, 0) is 38.1 Å². The van der Waals surface area contributed by atoms with Crippen molar-refractivity contribution in [2.75, 3.05) is 36.4 Å². The smallest absolute Gasteiger partial charge is 0.243 e. The molecule has 2 heterocycles. The second kappa shape index (κ2) is 8.93. The van der Waals surface area contributed by atoms with Crippen molar-refractivity contribution in [3.05, 3.63) is 65.3 Å². The van der Waals surface area contributed by atoms with Crippen LogP contribution in [0, 0.1) is 12.7 Å². The molecule has 1 aliphatic rings. The molecule has 1 N–H and O–H groups in total. The van der Waals surface area contributed by atoms with E-state index in [-0.39, 0.29) is 17.8 Å². The summed E-state index contributed by atoms with van der Waals surface area (Å²) in [7, 11) is 0. The molecule has 1 aromatic heterocycles. The highest BCUT2D eigenvalue weighted by molar-refractivity contribution is 7.14. The van der Waals surface area contributed by atoms with Crippen molar-refractivity contribution in [1.82, 2.24) is 9.88 Å². The van der Waals surface area contributed by atoms with Crippen molar-refractivity contribution in [2.24, 2.45) is 0 Å². The molecule has 0 saturated carbocycles. The highest BCUT2D eigenvalue weighted by Gasteiger charge is 2.26. The predicted molar refractivity (Wildman–Crippen MR) is 121 cm³/mol. The lowest BCUT2D eigenvalue weighted by atomic mass is 10.1. The van der Waals surface area contributed by atoms with Gasteiger partial charge in [-0.15, -0.1) is 11.3 Å². The summed E-state index contributed by atoms with van der Waals surface area (Å²) in [5.74, 6) is -0.273. The highest BCUT2D eigenvalue weighted by Crippen LogP contribution is 2.25. The molecule has 1 aliphatic heterocycles. The Hall–Kier alpha value is -2.77. The number of benzene rings is 2. The van der Waals surface area contributed by atoms with E-state index < -0.39 is 0 Å². The van der Waals surface area contributed by atoms with Crippen LogP contribution in [0.5, 0.6) is 0 Å². The number of nitrogens with zero attached hydrogens (tertiary/aromatic N) is 3. The highest BCUT2D eigenvalue weighted by atomic mass is 32.1. The van der Waals surface area contributed by atoms with Gasteiger partial charge in [0, 0.05) is 42.8 Å². The van der Waals surface area contributed by atoms with Gasteiger partial charge in [0.25, 0.3) is 0 Å². The lowest BCUT2D eigenvalue weighted by Gasteiger charge is -2.38. The number of hydrogen-bond donors (Lipinski definition) is 1. The fraction of sp³-hybridized carbons (Fsp3) is 0.304. The van der Waals surface area contributed by atoms with Crippen molar-refractivity contribution in [3.63, 3.8) is 0 Å². The number of aromatic nitrogens is 1. The Morgan fingerprint density at radius 2 is 1.73 bits per heavy atom. The van der Waals surface area contributed by atoms with Crippen LogP contribution >= 0.6 is 11.3 Å². The maximum absolute atomic E-state index is 13.1. The van der Waals surface area contributed by atoms with Crippen molar-refractivity contribution in [3.8, 4) is 11.3 Å². The van der Waals surface area contributed by atoms with Gasteiger partial charge in [-0.3, -0.25) is 9.69 Å². The molecule has 0 radical (unpaired) electrons. The van der Waals surface area contributed by atoms with Crippen molar-refractivity contribution in [1.29, 1.82) is 0 Å². The van der Waals surface area contributed by atoms with Crippen LogP contribution in [0.4, 0.5) is 15.2 Å². The maximum Gasteiger partial charge on any atom is 0.243 e. The second-order valence-corrected chi connectivity index (χ2v) is 8.43. The van der Waals surface area contributed by atoms with Gasteiger partial charge in [-0.2, -0.15) is 0 Å². The van der Waals surface area contributed by atoms with Gasteiger partial charge in [0.1, 0.15) is 5.82 Å². The van der Waals surface area contributed by atoms with Gasteiger partial charge in [-0.1, -0.05) is 29.8 Å². The fourth-order valence-electron chi connectivity index (χ4n) is 3.58. The van der Waals surface area contributed by atoms with Gasteiger partial charge < -0.3 is 10.2 Å². The molecule has 30 heavy (non-hydrogen) atoms. The minimum Gasteiger partial charge on any atom is -0.369 e. The minimum atomic E-state index is -0.243. The van der Waals surface area contributed by atoms with Crippen molar-refractivity contribution in [2.45, 2.75) is 19.9 Å². The zero-order valence-corrected chi connectivity index (χ0v) is 18.0. The molecule has 5 nitrogen and oxygen atoms in total. The quantitative estimate of drug-likeness (QED) is 0.659. The molecular formula is C23H25FN4OS. The van der Waals surface area contributed by atoms with E-state index in [9.17, 15) is 9.18 Å². The van der Waals surface area contributed by atoms with E-state index in [1.807, 2.05) is 24.4 Å². The van der Waals surface area contributed by atoms with Gasteiger partial charge in [0.15, 0.2) is 5.13 Å². The van der Waals surface area contributed by atoms with E-state index in [1.54, 1.807) is 12.1 Å². The van der Waals surface area contributed by atoms with Crippen LogP contribution in [0.25, 0.3) is 11.3 Å². The number of rotatable bonds is 5. The first-order valence-corrected chi connectivity index (χ1v) is 11.0. The summed E-state index contributed by atoms with van der Waals surface area (Å²) in [6.45, 7) is 7.14. The Morgan fingerprint density at radius 1 is 1.07 bits per heavy atom. The SMILES string of the molecule is Cc1ccc(-c2csc(NC(=O)C(C)N3CCN(c4ccc(F)cc4)CC3)n2)cc1. The van der Waals surface area contributed by atoms with E-state index in [4.69, 9.17) is 0 Å². The first-order valence-electron chi connectivity index (χ1n) is 10.1. The van der Waals surface area contributed by atoms with Crippen LogP contribution < -0.4 is 10.2 Å². The van der Waals surface area contributed by atoms with Crippen LogP contribution in [-0.2, 0) is 4.79 Å². The molecule has 1 fully saturated rings. The molecule has 0 aliphatic carbocycles. The average molecular weight is 425 g/mol. The first-order chi connectivity index (χ1) is 14.5. The normalized spacial score (nSPS) is 15.8. The van der Waals surface area contributed by atoms with Gasteiger partial charge in [-0.25, -0.2) is 9.37 Å². The summed E-state index contributed by atoms with van der Waals surface area (Å²) < 4.78 is 13.1. The molecule has 1 unspecified atom stereocenters. The topological polar surface area (TPSA) is 48.5 Å². The van der Waals surface area contributed by atoms with E-state index in [2.05, 4.69) is 39.2 Å². The van der Waals surface area contributed by atoms with E-state index in [0.717, 1.165) is 43.1 Å². The number of halogens is 1. The molecule has 1 atom stereocenters. The van der Waals surface area contributed by atoms with Crippen LogP contribution in [0.2, 0.25) is 0 Å². The Balaban J connectivity index is 1.32. The van der Waals surface area contributed by atoms with Crippen molar-refractivity contribution < 1.29 is 9.18 Å². The average Bonchev–Trinajstić information content (AvgIpc) is 3.23. The molecule has 7 heteroatoms. The summed E-state index contributed by atoms with van der Waals surface area (Å²) in [6.07, 6.45) is 0. The molecule has 1 saturated heterocycles. The lowest BCUT2D eigenvalue weighted by molar-refractivity contribution is -0.120. The molecule has 2 aromatic carbocycles. The fourth-order valence-corrected chi connectivity index (χ4v) is 4.31. The van der Waals surface area contributed by atoms with Gasteiger partial charge in [0.05, 0.1) is 11.7 Å². The molecule has 3 aromatic rings. The summed E-state index contributed by atoms with van der Waals surface area (Å²) >= 11 is 1.44. The number of carbonyl (C=O) groups excluding carboxylic acids is 1. The largest absolute Gasteiger partial charge is 0.369 e. The standard InChI is InChI=1S/C23H25FN4OS/c1-16-3-5-18(6-4-16)21-15-30-23(25-21)26-22(29)17(2)27-11-13-28(14-12-27)20-9-7-19(24)8-10-20/h3-10,15,17H,11-14H2,1-2H3,(H,25,26,29). The zero-order chi connectivity index (χ0) is 21.1. The summed E-state index contributed by atoms with van der Waals surface area (Å²) in [5, 5.41) is 5.54. The van der Waals surface area contributed by atoms with Crippen LogP contribution in [0.3, 0.4) is 0 Å². The van der Waals surface area contributed by atoms with Gasteiger partial charge in [0.2, 0.25) is 5.91 Å². The number of aryl methyl sites for hydroxylation is 1. The minimum absolute atomic E-state index is 0.0463. The van der Waals surface area contributed by atoms with Crippen molar-refractivity contribution >= 4 is 28.1 Å². The maximum atomic E-state index is 13.1.